The summed E-state index contributed by atoms with van der Waals surface area (Å²) in [6, 6.07) is 2.21. The van der Waals surface area contributed by atoms with E-state index in [1.807, 2.05) is 0 Å². The van der Waals surface area contributed by atoms with Crippen molar-refractivity contribution in [3.63, 3.8) is 0 Å². The van der Waals surface area contributed by atoms with Crippen LogP contribution in [0.25, 0.3) is 0 Å². The predicted octanol–water partition coefficient (Wildman–Crippen LogP) is 9.17. The number of rotatable bonds is 21. The van der Waals surface area contributed by atoms with Gasteiger partial charge in [-0.25, -0.2) is 0 Å². The molecule has 0 heterocycles. The quantitative estimate of drug-likeness (QED) is 0.187. The van der Waals surface area contributed by atoms with Crippen molar-refractivity contribution in [3.05, 3.63) is 6.92 Å². The number of hydrogen-bond acceptors (Lipinski definition) is 1. The van der Waals surface area contributed by atoms with Crippen molar-refractivity contribution < 1.29 is 0 Å². The van der Waals surface area contributed by atoms with Gasteiger partial charge in [0.05, 0.1) is 6.07 Å². The average molecular weight is 363 g/mol. The Hall–Kier alpha value is -0.510. The molecular formula is C25H48N. The molecule has 1 heteroatoms. The van der Waals surface area contributed by atoms with Crippen molar-refractivity contribution >= 4 is 0 Å². The van der Waals surface area contributed by atoms with Crippen molar-refractivity contribution in [1.82, 2.24) is 0 Å². The molecule has 0 rings (SSSR count). The van der Waals surface area contributed by atoms with Crippen molar-refractivity contribution in [2.45, 2.75) is 142 Å². The molecule has 0 aliphatic heterocycles. The van der Waals surface area contributed by atoms with E-state index in [4.69, 9.17) is 5.26 Å². The molecule has 153 valence electrons. The Bertz CT molecular complexity index is 291. The number of unbranched alkanes of at least 4 members (excludes halogenated alkanes) is 19. The van der Waals surface area contributed by atoms with Gasteiger partial charge in [-0.1, -0.05) is 135 Å². The van der Waals surface area contributed by atoms with E-state index >= 15 is 0 Å². The fraction of sp³-hybridized carbons (Fsp3) is 0.920. The normalized spacial score (nSPS) is 12.2. The van der Waals surface area contributed by atoms with E-state index < -0.39 is 0 Å². The van der Waals surface area contributed by atoms with Crippen LogP contribution < -0.4 is 0 Å². The molecule has 1 nitrogen and oxygen atoms in total. The fourth-order valence-corrected chi connectivity index (χ4v) is 3.71. The molecule has 0 saturated carbocycles. The molecule has 0 spiro atoms. The van der Waals surface area contributed by atoms with Crippen molar-refractivity contribution in [2.24, 2.45) is 5.92 Å². The van der Waals surface area contributed by atoms with Crippen LogP contribution in [-0.2, 0) is 0 Å². The van der Waals surface area contributed by atoms with E-state index in [1.165, 1.54) is 128 Å². The third-order valence-corrected chi connectivity index (χ3v) is 5.59. The van der Waals surface area contributed by atoms with Gasteiger partial charge in [0.25, 0.3) is 0 Å². The van der Waals surface area contributed by atoms with Gasteiger partial charge in [-0.15, -0.1) is 0 Å². The second-order valence-corrected chi connectivity index (χ2v) is 8.33. The van der Waals surface area contributed by atoms with E-state index in [-0.39, 0.29) is 5.92 Å². The van der Waals surface area contributed by atoms with Crippen LogP contribution in [0.15, 0.2) is 0 Å². The van der Waals surface area contributed by atoms with Crippen molar-refractivity contribution in [3.8, 4) is 6.07 Å². The van der Waals surface area contributed by atoms with Gasteiger partial charge >= 0.3 is 0 Å². The maximum absolute atomic E-state index is 8.68. The van der Waals surface area contributed by atoms with Gasteiger partial charge in [0.2, 0.25) is 0 Å². The topological polar surface area (TPSA) is 23.8 Å². The maximum Gasteiger partial charge on any atom is 0.0655 e. The molecule has 0 bridgehead atoms. The smallest absolute Gasteiger partial charge is 0.0655 e. The third-order valence-electron chi connectivity index (χ3n) is 5.59. The molecule has 0 N–H and O–H groups in total. The van der Waals surface area contributed by atoms with E-state index in [0.717, 1.165) is 6.42 Å². The van der Waals surface area contributed by atoms with Crippen LogP contribution in [0.4, 0.5) is 0 Å². The molecule has 1 unspecified atom stereocenters. The molecule has 0 fully saturated rings. The van der Waals surface area contributed by atoms with Crippen LogP contribution in [0.3, 0.4) is 0 Å². The van der Waals surface area contributed by atoms with E-state index in [9.17, 15) is 0 Å². The first-order chi connectivity index (χ1) is 12.8. The van der Waals surface area contributed by atoms with E-state index in [1.54, 1.807) is 0 Å². The SMILES string of the molecule is [CH2]C(C#N)CCCCCCCCCCCCCCCCCCCCCC. The molecule has 0 aromatic heterocycles. The van der Waals surface area contributed by atoms with Gasteiger partial charge in [-0.05, 0) is 13.3 Å². The summed E-state index contributed by atoms with van der Waals surface area (Å²) in [7, 11) is 0. The first-order valence-electron chi connectivity index (χ1n) is 12.0. The minimum Gasteiger partial charge on any atom is -0.198 e. The highest BCUT2D eigenvalue weighted by Gasteiger charge is 1.99. The molecule has 1 atom stereocenters. The lowest BCUT2D eigenvalue weighted by atomic mass is 10.0. The van der Waals surface area contributed by atoms with Gasteiger partial charge in [0.1, 0.15) is 0 Å². The summed E-state index contributed by atoms with van der Waals surface area (Å²) in [6.45, 7) is 6.11. The van der Waals surface area contributed by atoms with E-state index in [2.05, 4.69) is 19.9 Å². The lowest BCUT2D eigenvalue weighted by Crippen LogP contribution is -1.90. The zero-order chi connectivity index (χ0) is 19.1. The van der Waals surface area contributed by atoms with Crippen molar-refractivity contribution in [2.75, 3.05) is 0 Å². The lowest BCUT2D eigenvalue weighted by Gasteiger charge is -2.04. The minimum atomic E-state index is 0.00514. The van der Waals surface area contributed by atoms with Gasteiger partial charge in [0.15, 0.2) is 0 Å². The second kappa shape index (κ2) is 22.5. The summed E-state index contributed by atoms with van der Waals surface area (Å²) in [5, 5.41) is 8.68. The molecule has 0 amide bonds. The Kier molecular flexibility index (Phi) is 22.1. The predicted molar refractivity (Wildman–Crippen MR) is 117 cm³/mol. The van der Waals surface area contributed by atoms with Gasteiger partial charge in [-0.3, -0.25) is 0 Å². The fourth-order valence-electron chi connectivity index (χ4n) is 3.71. The van der Waals surface area contributed by atoms with Crippen molar-refractivity contribution in [1.29, 1.82) is 5.26 Å². The summed E-state index contributed by atoms with van der Waals surface area (Å²) >= 11 is 0. The molecule has 0 saturated heterocycles. The van der Waals surface area contributed by atoms with E-state index in [0.29, 0.717) is 0 Å². The number of nitrogens with zero attached hydrogens (tertiary/aromatic N) is 1. The Balaban J connectivity index is 3.00. The van der Waals surface area contributed by atoms with Crippen LogP contribution in [0.2, 0.25) is 0 Å². The van der Waals surface area contributed by atoms with Crippen LogP contribution in [0, 0.1) is 24.2 Å². The monoisotopic (exact) mass is 362 g/mol. The Morgan fingerprint density at radius 3 is 1.08 bits per heavy atom. The third kappa shape index (κ3) is 21.5. The van der Waals surface area contributed by atoms with Crippen LogP contribution in [0.1, 0.15) is 142 Å². The summed E-state index contributed by atoms with van der Waals surface area (Å²) in [5.74, 6) is 0.00514. The first kappa shape index (κ1) is 25.5. The molecule has 0 aliphatic rings. The Labute approximate surface area is 166 Å². The summed E-state index contributed by atoms with van der Waals surface area (Å²) in [4.78, 5) is 0. The molecule has 26 heavy (non-hydrogen) atoms. The molecule has 0 aliphatic carbocycles. The second-order valence-electron chi connectivity index (χ2n) is 8.33. The summed E-state index contributed by atoms with van der Waals surface area (Å²) in [5.41, 5.74) is 0. The van der Waals surface area contributed by atoms with Crippen LogP contribution in [0.5, 0.6) is 0 Å². The molecule has 0 aromatic rings. The highest BCUT2D eigenvalue weighted by Crippen LogP contribution is 2.15. The average Bonchev–Trinajstić information content (AvgIpc) is 2.66. The van der Waals surface area contributed by atoms with Crippen LogP contribution >= 0.6 is 0 Å². The Morgan fingerprint density at radius 2 is 0.808 bits per heavy atom. The number of hydrogen-bond donors (Lipinski definition) is 0. The highest BCUT2D eigenvalue weighted by atomic mass is 14.3. The first-order valence-corrected chi connectivity index (χ1v) is 12.0. The summed E-state index contributed by atoms with van der Waals surface area (Å²) < 4.78 is 0. The van der Waals surface area contributed by atoms with Crippen LogP contribution in [-0.4, -0.2) is 0 Å². The molecule has 1 radical (unpaired) electrons. The largest absolute Gasteiger partial charge is 0.198 e. The molecular weight excluding hydrogens is 314 g/mol. The standard InChI is InChI=1S/C25H48N/c1-3-4-5-6-7-8-9-10-11-12-13-14-15-16-17-18-19-20-21-22-23-25(2)24-26/h25H,2-23H2,1H3. The maximum atomic E-state index is 8.68. The minimum absolute atomic E-state index is 0.00514. The zero-order valence-electron chi connectivity index (χ0n) is 18.1. The van der Waals surface area contributed by atoms with Gasteiger partial charge in [0, 0.05) is 5.92 Å². The Morgan fingerprint density at radius 1 is 0.538 bits per heavy atom. The highest BCUT2D eigenvalue weighted by molar-refractivity contribution is 4.83. The lowest BCUT2D eigenvalue weighted by molar-refractivity contribution is 0.518. The van der Waals surface area contributed by atoms with Gasteiger partial charge in [-0.2, -0.15) is 5.26 Å². The zero-order valence-corrected chi connectivity index (χ0v) is 18.1. The summed E-state index contributed by atoms with van der Waals surface area (Å²) in [6.07, 6.45) is 29.3. The van der Waals surface area contributed by atoms with Gasteiger partial charge < -0.3 is 0 Å². The molecule has 0 aromatic carbocycles. The number of nitriles is 1.